The molecule has 14 heavy (non-hydrogen) atoms. The standard InChI is InChI=1S/C11H18N2S/c1-2-11-13-10(7-14-11)8-3-5-9(12)6-4-8/h7-9H,2-6,12H2,1H3. The number of nitrogens with zero attached hydrogens (tertiary/aromatic N) is 1. The molecule has 0 spiro atoms. The Hall–Kier alpha value is -0.410. The molecule has 0 unspecified atom stereocenters. The zero-order chi connectivity index (χ0) is 9.97. The Bertz CT molecular complexity index is 287. The first kappa shape index (κ1) is 10.1. The largest absolute Gasteiger partial charge is 0.328 e. The van der Waals surface area contributed by atoms with Crippen LogP contribution in [0.4, 0.5) is 0 Å². The molecule has 0 aromatic carbocycles. The average molecular weight is 210 g/mol. The van der Waals surface area contributed by atoms with Crippen molar-refractivity contribution in [2.24, 2.45) is 5.73 Å². The summed E-state index contributed by atoms with van der Waals surface area (Å²) in [5.41, 5.74) is 7.21. The first-order valence-corrected chi connectivity index (χ1v) is 6.37. The highest BCUT2D eigenvalue weighted by Crippen LogP contribution is 2.32. The van der Waals surface area contributed by atoms with Gasteiger partial charge in [-0.2, -0.15) is 0 Å². The molecule has 78 valence electrons. The second-order valence-electron chi connectivity index (χ2n) is 4.13. The van der Waals surface area contributed by atoms with E-state index < -0.39 is 0 Å². The molecule has 2 nitrogen and oxygen atoms in total. The Balaban J connectivity index is 2.01. The smallest absolute Gasteiger partial charge is 0.0925 e. The van der Waals surface area contributed by atoms with Crippen LogP contribution < -0.4 is 5.73 Å². The second kappa shape index (κ2) is 4.41. The maximum atomic E-state index is 5.89. The van der Waals surface area contributed by atoms with Gasteiger partial charge < -0.3 is 5.73 Å². The van der Waals surface area contributed by atoms with Crippen molar-refractivity contribution in [3.05, 3.63) is 16.1 Å². The zero-order valence-electron chi connectivity index (χ0n) is 8.70. The van der Waals surface area contributed by atoms with E-state index in [1.807, 2.05) is 0 Å². The van der Waals surface area contributed by atoms with E-state index in [-0.39, 0.29) is 0 Å². The molecular formula is C11H18N2S. The first-order valence-electron chi connectivity index (χ1n) is 5.49. The molecule has 2 N–H and O–H groups in total. The Morgan fingerprint density at radius 3 is 2.71 bits per heavy atom. The molecule has 1 fully saturated rings. The molecule has 3 heteroatoms. The van der Waals surface area contributed by atoms with Crippen LogP contribution in [0.1, 0.15) is 49.2 Å². The number of aryl methyl sites for hydroxylation is 1. The van der Waals surface area contributed by atoms with Gasteiger partial charge in [0.2, 0.25) is 0 Å². The lowest BCUT2D eigenvalue weighted by atomic mass is 9.85. The Morgan fingerprint density at radius 1 is 1.43 bits per heavy atom. The predicted octanol–water partition coefficient (Wildman–Crippen LogP) is 2.69. The van der Waals surface area contributed by atoms with Crippen molar-refractivity contribution < 1.29 is 0 Å². The highest BCUT2D eigenvalue weighted by molar-refractivity contribution is 7.09. The predicted molar refractivity (Wildman–Crippen MR) is 60.7 cm³/mol. The fourth-order valence-electron chi connectivity index (χ4n) is 2.09. The summed E-state index contributed by atoms with van der Waals surface area (Å²) in [6.07, 6.45) is 5.87. The third kappa shape index (κ3) is 2.15. The minimum atomic E-state index is 0.440. The van der Waals surface area contributed by atoms with Crippen LogP contribution in [0.3, 0.4) is 0 Å². The first-order chi connectivity index (χ1) is 6.79. The van der Waals surface area contributed by atoms with Crippen molar-refractivity contribution in [1.29, 1.82) is 0 Å². The molecule has 1 heterocycles. The van der Waals surface area contributed by atoms with Gasteiger partial charge in [0.15, 0.2) is 0 Å². The van der Waals surface area contributed by atoms with E-state index >= 15 is 0 Å². The number of nitrogens with two attached hydrogens (primary N) is 1. The van der Waals surface area contributed by atoms with Gasteiger partial charge in [0.25, 0.3) is 0 Å². The summed E-state index contributed by atoms with van der Waals surface area (Å²) in [5, 5.41) is 3.51. The van der Waals surface area contributed by atoms with Crippen LogP contribution in [0.25, 0.3) is 0 Å². The van der Waals surface area contributed by atoms with Gasteiger partial charge in [0.1, 0.15) is 0 Å². The second-order valence-corrected chi connectivity index (χ2v) is 5.07. The summed E-state index contributed by atoms with van der Waals surface area (Å²) in [7, 11) is 0. The highest BCUT2D eigenvalue weighted by Gasteiger charge is 2.21. The van der Waals surface area contributed by atoms with E-state index in [4.69, 9.17) is 5.73 Å². The van der Waals surface area contributed by atoms with Crippen molar-refractivity contribution in [1.82, 2.24) is 4.98 Å². The summed E-state index contributed by atoms with van der Waals surface area (Å²) in [6, 6.07) is 0.440. The highest BCUT2D eigenvalue weighted by atomic mass is 32.1. The molecule has 0 bridgehead atoms. The summed E-state index contributed by atoms with van der Waals surface area (Å²) < 4.78 is 0. The summed E-state index contributed by atoms with van der Waals surface area (Å²) in [6.45, 7) is 2.17. The summed E-state index contributed by atoms with van der Waals surface area (Å²) >= 11 is 1.80. The van der Waals surface area contributed by atoms with Gasteiger partial charge in [-0.1, -0.05) is 6.92 Å². The lowest BCUT2D eigenvalue weighted by Crippen LogP contribution is -2.25. The van der Waals surface area contributed by atoms with E-state index in [1.165, 1.54) is 36.4 Å². The van der Waals surface area contributed by atoms with E-state index in [0.717, 1.165) is 6.42 Å². The number of rotatable bonds is 2. The number of aromatic nitrogens is 1. The molecule has 1 aliphatic rings. The van der Waals surface area contributed by atoms with Crippen LogP contribution in [0.5, 0.6) is 0 Å². The number of hydrogen-bond donors (Lipinski definition) is 1. The topological polar surface area (TPSA) is 38.9 Å². The van der Waals surface area contributed by atoms with Gasteiger partial charge in [0, 0.05) is 17.3 Å². The third-order valence-corrected chi connectivity index (χ3v) is 4.07. The molecule has 2 rings (SSSR count). The molecule has 0 aliphatic heterocycles. The van der Waals surface area contributed by atoms with Crippen molar-refractivity contribution in [3.63, 3.8) is 0 Å². The Kier molecular flexibility index (Phi) is 3.19. The third-order valence-electron chi connectivity index (χ3n) is 3.06. The van der Waals surface area contributed by atoms with Gasteiger partial charge in [-0.05, 0) is 32.1 Å². The fourth-order valence-corrected chi connectivity index (χ4v) is 2.92. The minimum absolute atomic E-state index is 0.440. The molecule has 1 saturated carbocycles. The maximum absolute atomic E-state index is 5.89. The van der Waals surface area contributed by atoms with Crippen LogP contribution in [-0.4, -0.2) is 11.0 Å². The quantitative estimate of drug-likeness (QED) is 0.815. The SMILES string of the molecule is CCc1nc(C2CCC(N)CC2)cs1. The monoisotopic (exact) mass is 210 g/mol. The van der Waals surface area contributed by atoms with Crippen LogP contribution in [0, 0.1) is 0 Å². The number of thiazole rings is 1. The van der Waals surface area contributed by atoms with Gasteiger partial charge in [-0.15, -0.1) is 11.3 Å². The lowest BCUT2D eigenvalue weighted by Gasteiger charge is -2.24. The van der Waals surface area contributed by atoms with Crippen LogP contribution >= 0.6 is 11.3 Å². The molecule has 0 atom stereocenters. The number of hydrogen-bond acceptors (Lipinski definition) is 3. The van der Waals surface area contributed by atoms with Gasteiger partial charge >= 0.3 is 0 Å². The van der Waals surface area contributed by atoms with Gasteiger partial charge in [-0.3, -0.25) is 0 Å². The fraction of sp³-hybridized carbons (Fsp3) is 0.727. The molecule has 0 radical (unpaired) electrons. The van der Waals surface area contributed by atoms with E-state index in [1.54, 1.807) is 11.3 Å². The van der Waals surface area contributed by atoms with E-state index in [0.29, 0.717) is 12.0 Å². The van der Waals surface area contributed by atoms with Crippen molar-refractivity contribution in [3.8, 4) is 0 Å². The average Bonchev–Trinajstić information content (AvgIpc) is 2.67. The van der Waals surface area contributed by atoms with Gasteiger partial charge in [-0.25, -0.2) is 4.98 Å². The van der Waals surface area contributed by atoms with E-state index in [9.17, 15) is 0 Å². The molecule has 1 aliphatic carbocycles. The molecular weight excluding hydrogens is 192 g/mol. The Labute approximate surface area is 89.5 Å². The summed E-state index contributed by atoms with van der Waals surface area (Å²) in [4.78, 5) is 4.66. The van der Waals surface area contributed by atoms with E-state index in [2.05, 4.69) is 17.3 Å². The van der Waals surface area contributed by atoms with Crippen molar-refractivity contribution >= 4 is 11.3 Å². The normalized spacial score (nSPS) is 27.9. The van der Waals surface area contributed by atoms with Crippen LogP contribution in [0.15, 0.2) is 5.38 Å². The molecule has 0 saturated heterocycles. The Morgan fingerprint density at radius 2 is 2.14 bits per heavy atom. The van der Waals surface area contributed by atoms with Crippen LogP contribution in [-0.2, 0) is 6.42 Å². The van der Waals surface area contributed by atoms with Crippen LogP contribution in [0.2, 0.25) is 0 Å². The minimum Gasteiger partial charge on any atom is -0.328 e. The molecule has 1 aromatic heterocycles. The van der Waals surface area contributed by atoms with Crippen molar-refractivity contribution in [2.75, 3.05) is 0 Å². The van der Waals surface area contributed by atoms with Crippen molar-refractivity contribution in [2.45, 2.75) is 51.0 Å². The lowest BCUT2D eigenvalue weighted by molar-refractivity contribution is 0.391. The molecule has 1 aromatic rings. The zero-order valence-corrected chi connectivity index (χ0v) is 9.52. The van der Waals surface area contributed by atoms with Gasteiger partial charge in [0.05, 0.1) is 10.7 Å². The molecule has 0 amide bonds. The summed E-state index contributed by atoms with van der Waals surface area (Å²) in [5.74, 6) is 0.686. The maximum Gasteiger partial charge on any atom is 0.0925 e.